The smallest absolute Gasteiger partial charge is 0.0702 e. The fourth-order valence-corrected chi connectivity index (χ4v) is 8.96. The van der Waals surface area contributed by atoms with E-state index in [1.807, 2.05) is 18.5 Å². The number of hydrogen-bond donors (Lipinski definition) is 0. The molecular formula is C60H40N2. The van der Waals surface area contributed by atoms with Crippen LogP contribution in [0.5, 0.6) is 0 Å². The summed E-state index contributed by atoms with van der Waals surface area (Å²) in [6.07, 6.45) is 5.64. The van der Waals surface area contributed by atoms with Crippen molar-refractivity contribution in [3.05, 3.63) is 243 Å². The third kappa shape index (κ3) is 7.04. The van der Waals surface area contributed by atoms with Gasteiger partial charge in [-0.3, -0.25) is 9.97 Å². The first-order valence-electron chi connectivity index (χ1n) is 21.1. The number of fused-ring (bicyclic) bond motifs is 2. The molecule has 0 spiro atoms. The van der Waals surface area contributed by atoms with Crippen LogP contribution in [-0.2, 0) is 0 Å². The molecule has 0 aliphatic heterocycles. The van der Waals surface area contributed by atoms with Crippen LogP contribution in [-0.4, -0.2) is 9.97 Å². The van der Waals surface area contributed by atoms with Crippen LogP contribution in [0.15, 0.2) is 243 Å². The van der Waals surface area contributed by atoms with Crippen LogP contribution in [0.3, 0.4) is 0 Å². The highest BCUT2D eigenvalue weighted by atomic mass is 14.7. The van der Waals surface area contributed by atoms with Gasteiger partial charge in [0.05, 0.1) is 5.69 Å². The van der Waals surface area contributed by atoms with Crippen molar-refractivity contribution in [2.75, 3.05) is 0 Å². The van der Waals surface area contributed by atoms with Gasteiger partial charge >= 0.3 is 0 Å². The lowest BCUT2D eigenvalue weighted by atomic mass is 9.82. The van der Waals surface area contributed by atoms with Crippen molar-refractivity contribution in [2.45, 2.75) is 0 Å². The molecule has 0 atom stereocenters. The van der Waals surface area contributed by atoms with Gasteiger partial charge in [-0.15, -0.1) is 0 Å². The van der Waals surface area contributed by atoms with E-state index in [9.17, 15) is 0 Å². The SMILES string of the molecule is c1ccc(-c2cc(-c3ccccc3)cc(-c3c4ccccc4c(-c4cc(-c5ccccc5)cc(-c5ccccc5)c4)c4cc(-c5ccc(-c6cccnc6)cn5)ccc34)c2)cc1. The van der Waals surface area contributed by atoms with Crippen molar-refractivity contribution >= 4 is 21.5 Å². The van der Waals surface area contributed by atoms with Gasteiger partial charge in [-0.25, -0.2) is 0 Å². The number of aromatic nitrogens is 2. The number of rotatable bonds is 8. The minimum Gasteiger partial charge on any atom is -0.264 e. The van der Waals surface area contributed by atoms with Gasteiger partial charge in [0.15, 0.2) is 0 Å². The maximum Gasteiger partial charge on any atom is 0.0702 e. The lowest BCUT2D eigenvalue weighted by Gasteiger charge is -2.21. The van der Waals surface area contributed by atoms with E-state index in [1.54, 1.807) is 6.20 Å². The van der Waals surface area contributed by atoms with Gasteiger partial charge in [0, 0.05) is 35.3 Å². The van der Waals surface area contributed by atoms with Crippen molar-refractivity contribution in [1.82, 2.24) is 9.97 Å². The Morgan fingerprint density at radius 3 is 1.05 bits per heavy atom. The average Bonchev–Trinajstić information content (AvgIpc) is 3.36. The van der Waals surface area contributed by atoms with E-state index in [1.165, 1.54) is 82.7 Å². The van der Waals surface area contributed by atoms with Crippen molar-refractivity contribution in [3.63, 3.8) is 0 Å². The Bertz CT molecular complexity index is 3230. The van der Waals surface area contributed by atoms with Crippen LogP contribution in [0.2, 0.25) is 0 Å². The van der Waals surface area contributed by atoms with Gasteiger partial charge in [-0.05, 0) is 143 Å². The Morgan fingerprint density at radius 1 is 0.226 bits per heavy atom. The lowest BCUT2D eigenvalue weighted by Crippen LogP contribution is -1.94. The summed E-state index contributed by atoms with van der Waals surface area (Å²) in [6, 6.07) is 81.3. The normalized spacial score (nSPS) is 11.2. The molecule has 0 fully saturated rings. The van der Waals surface area contributed by atoms with Crippen molar-refractivity contribution in [3.8, 4) is 89.1 Å². The first-order chi connectivity index (χ1) is 30.7. The molecule has 2 heterocycles. The molecule has 0 saturated heterocycles. The quantitative estimate of drug-likeness (QED) is 0.143. The second-order valence-corrected chi connectivity index (χ2v) is 15.8. The van der Waals surface area contributed by atoms with E-state index in [-0.39, 0.29) is 0 Å². The molecule has 0 unspecified atom stereocenters. The third-order valence-corrected chi connectivity index (χ3v) is 11.9. The molecule has 0 radical (unpaired) electrons. The Labute approximate surface area is 362 Å². The largest absolute Gasteiger partial charge is 0.264 e. The zero-order chi connectivity index (χ0) is 41.2. The molecule has 0 amide bonds. The van der Waals surface area contributed by atoms with E-state index < -0.39 is 0 Å². The maximum atomic E-state index is 5.05. The highest BCUT2D eigenvalue weighted by molar-refractivity contribution is 6.22. The van der Waals surface area contributed by atoms with Crippen molar-refractivity contribution in [1.29, 1.82) is 0 Å². The second kappa shape index (κ2) is 16.1. The van der Waals surface area contributed by atoms with Gasteiger partial charge in [0.25, 0.3) is 0 Å². The summed E-state index contributed by atoms with van der Waals surface area (Å²) < 4.78 is 0. The molecule has 0 bridgehead atoms. The molecule has 0 saturated carbocycles. The molecule has 0 aliphatic rings. The number of pyridine rings is 2. The molecule has 0 aliphatic carbocycles. The molecular weight excluding hydrogens is 749 g/mol. The topological polar surface area (TPSA) is 25.8 Å². The fraction of sp³-hybridized carbons (Fsp3) is 0. The predicted molar refractivity (Wildman–Crippen MR) is 261 cm³/mol. The monoisotopic (exact) mass is 788 g/mol. The number of hydrogen-bond acceptors (Lipinski definition) is 2. The van der Waals surface area contributed by atoms with Gasteiger partial charge in [0.2, 0.25) is 0 Å². The summed E-state index contributed by atoms with van der Waals surface area (Å²) in [6.45, 7) is 0. The zero-order valence-corrected chi connectivity index (χ0v) is 34.0. The van der Waals surface area contributed by atoms with E-state index in [4.69, 9.17) is 4.98 Å². The van der Waals surface area contributed by atoms with Gasteiger partial charge in [0.1, 0.15) is 0 Å². The summed E-state index contributed by atoms with van der Waals surface area (Å²) in [5.41, 5.74) is 18.3. The van der Waals surface area contributed by atoms with Crippen LogP contribution in [0.4, 0.5) is 0 Å². The average molecular weight is 789 g/mol. The number of benzene rings is 9. The van der Waals surface area contributed by atoms with Gasteiger partial charge in [-0.1, -0.05) is 170 Å². The van der Waals surface area contributed by atoms with Gasteiger partial charge in [-0.2, -0.15) is 0 Å². The van der Waals surface area contributed by atoms with Crippen LogP contribution < -0.4 is 0 Å². The second-order valence-electron chi connectivity index (χ2n) is 15.8. The molecule has 2 aromatic heterocycles. The van der Waals surface area contributed by atoms with Crippen LogP contribution in [0.25, 0.3) is 111 Å². The molecule has 290 valence electrons. The standard InChI is InChI=1S/C60H40N2/c1-5-16-41(17-6-1)48-32-49(42-18-7-2-8-19-42)35-52(34-48)59-54-25-13-14-26-55(54)60(53-36-50(43-20-9-3-10-21-43)33-51(37-53)44-22-11-4-12-23-44)57-38-45(27-29-56(57)59)58-30-28-47(40-62-58)46-24-15-31-61-39-46/h1-40H. The Hall–Kier alpha value is -8.20. The zero-order valence-electron chi connectivity index (χ0n) is 34.0. The highest BCUT2D eigenvalue weighted by Gasteiger charge is 2.20. The van der Waals surface area contributed by atoms with Crippen LogP contribution in [0.1, 0.15) is 0 Å². The van der Waals surface area contributed by atoms with Crippen molar-refractivity contribution < 1.29 is 0 Å². The fourth-order valence-electron chi connectivity index (χ4n) is 8.96. The summed E-state index contributed by atoms with van der Waals surface area (Å²) in [5.74, 6) is 0. The summed E-state index contributed by atoms with van der Waals surface area (Å²) in [5, 5.41) is 4.76. The van der Waals surface area contributed by atoms with Gasteiger partial charge < -0.3 is 0 Å². The Balaban J connectivity index is 1.22. The molecule has 11 rings (SSSR count). The Morgan fingerprint density at radius 2 is 0.613 bits per heavy atom. The Kier molecular flexibility index (Phi) is 9.57. The van der Waals surface area contributed by atoms with Crippen LogP contribution >= 0.6 is 0 Å². The van der Waals surface area contributed by atoms with E-state index in [0.717, 1.165) is 27.9 Å². The minimum atomic E-state index is 0.917. The first-order valence-corrected chi connectivity index (χ1v) is 21.1. The molecule has 62 heavy (non-hydrogen) atoms. The molecule has 2 heteroatoms. The maximum absolute atomic E-state index is 5.05. The molecule has 2 nitrogen and oxygen atoms in total. The van der Waals surface area contributed by atoms with Crippen LogP contribution in [0, 0.1) is 0 Å². The third-order valence-electron chi connectivity index (χ3n) is 11.9. The van der Waals surface area contributed by atoms with E-state index in [2.05, 4.69) is 223 Å². The molecule has 11 aromatic rings. The molecule has 9 aromatic carbocycles. The predicted octanol–water partition coefficient (Wildman–Crippen LogP) is 16.1. The lowest BCUT2D eigenvalue weighted by molar-refractivity contribution is 1.30. The molecule has 0 N–H and O–H groups in total. The summed E-state index contributed by atoms with van der Waals surface area (Å²) >= 11 is 0. The number of nitrogens with zero attached hydrogens (tertiary/aromatic N) is 2. The minimum absolute atomic E-state index is 0.917. The van der Waals surface area contributed by atoms with E-state index >= 15 is 0 Å². The summed E-state index contributed by atoms with van der Waals surface area (Å²) in [4.78, 5) is 9.39. The first kappa shape index (κ1) is 36.8. The van der Waals surface area contributed by atoms with Crippen molar-refractivity contribution in [2.24, 2.45) is 0 Å². The summed E-state index contributed by atoms with van der Waals surface area (Å²) in [7, 11) is 0. The van der Waals surface area contributed by atoms with E-state index in [0.29, 0.717) is 0 Å². The highest BCUT2D eigenvalue weighted by Crippen LogP contribution is 2.47.